The van der Waals surface area contributed by atoms with Crippen molar-refractivity contribution in [3.63, 3.8) is 0 Å². The van der Waals surface area contributed by atoms with Crippen molar-refractivity contribution in [3.8, 4) is 0 Å². The molecule has 1 aromatic carbocycles. The molecule has 0 radical (unpaired) electrons. The second-order valence-electron chi connectivity index (χ2n) is 9.64. The second kappa shape index (κ2) is 17.6. The lowest BCUT2D eigenvalue weighted by molar-refractivity contribution is -0.145. The molecule has 0 aliphatic rings. The van der Waals surface area contributed by atoms with Crippen molar-refractivity contribution in [2.75, 3.05) is 6.61 Å². The molecule has 1 atom stereocenters. The Morgan fingerprint density at radius 2 is 1.33 bits per heavy atom. The first-order chi connectivity index (χ1) is 16.2. The number of nitrogens with one attached hydrogen (secondary N) is 1. The van der Waals surface area contributed by atoms with E-state index >= 15 is 0 Å². The molecule has 4 nitrogen and oxygen atoms in total. The van der Waals surface area contributed by atoms with Crippen LogP contribution in [-0.4, -0.2) is 23.6 Å². The molecule has 0 aliphatic carbocycles. The van der Waals surface area contributed by atoms with Crippen molar-refractivity contribution in [3.05, 3.63) is 36.0 Å². The van der Waals surface area contributed by atoms with Crippen molar-refractivity contribution in [2.45, 2.75) is 122 Å². The molecule has 1 aromatic heterocycles. The van der Waals surface area contributed by atoms with E-state index in [9.17, 15) is 4.79 Å². The molecule has 0 spiro atoms. The summed E-state index contributed by atoms with van der Waals surface area (Å²) in [6.45, 7) is 2.77. The van der Waals surface area contributed by atoms with Crippen molar-refractivity contribution < 1.29 is 9.53 Å². The zero-order chi connectivity index (χ0) is 23.6. The van der Waals surface area contributed by atoms with Gasteiger partial charge in [0.25, 0.3) is 0 Å². The number of esters is 1. The molecule has 0 fully saturated rings. The molecular weight excluding hydrogens is 408 g/mol. The van der Waals surface area contributed by atoms with Crippen LogP contribution in [0.3, 0.4) is 0 Å². The Balaban J connectivity index is 1.37. The number of hydrogen-bond acceptors (Lipinski definition) is 3. The minimum atomic E-state index is -0.606. The van der Waals surface area contributed by atoms with E-state index in [2.05, 4.69) is 18.0 Å². The number of unbranched alkanes of at least 4 members (excludes halogenated alkanes) is 15. The molecule has 0 saturated heterocycles. The van der Waals surface area contributed by atoms with Crippen LogP contribution in [0.15, 0.2) is 30.5 Å². The van der Waals surface area contributed by atoms with Crippen molar-refractivity contribution in [2.24, 2.45) is 5.73 Å². The number of aromatic amines is 1. The van der Waals surface area contributed by atoms with E-state index in [0.717, 1.165) is 29.3 Å². The number of carbonyl (C=O) groups excluding carboxylic acids is 1. The third-order valence-corrected chi connectivity index (χ3v) is 6.66. The Labute approximate surface area is 202 Å². The summed E-state index contributed by atoms with van der Waals surface area (Å²) in [6.07, 6.45) is 23.9. The molecule has 4 heteroatoms. The lowest BCUT2D eigenvalue weighted by Gasteiger charge is -2.11. The molecular formula is C29H48N2O2. The van der Waals surface area contributed by atoms with E-state index < -0.39 is 6.04 Å². The maximum atomic E-state index is 12.2. The molecule has 0 aliphatic heterocycles. The Morgan fingerprint density at radius 3 is 1.91 bits per heavy atom. The lowest BCUT2D eigenvalue weighted by Crippen LogP contribution is -2.34. The third kappa shape index (κ3) is 11.7. The zero-order valence-electron chi connectivity index (χ0n) is 21.1. The fourth-order valence-electron chi connectivity index (χ4n) is 4.55. The summed E-state index contributed by atoms with van der Waals surface area (Å²) in [6, 6.07) is 7.47. The molecule has 2 aromatic rings. The van der Waals surface area contributed by atoms with Crippen LogP contribution in [0.25, 0.3) is 10.9 Å². The first-order valence-corrected chi connectivity index (χ1v) is 13.7. The average molecular weight is 457 g/mol. The molecule has 1 heterocycles. The van der Waals surface area contributed by atoms with Gasteiger partial charge in [0.15, 0.2) is 0 Å². The summed E-state index contributed by atoms with van der Waals surface area (Å²) in [4.78, 5) is 15.4. The van der Waals surface area contributed by atoms with Gasteiger partial charge in [0.05, 0.1) is 6.61 Å². The minimum Gasteiger partial charge on any atom is -0.465 e. The van der Waals surface area contributed by atoms with Crippen molar-refractivity contribution in [1.82, 2.24) is 4.98 Å². The van der Waals surface area contributed by atoms with Gasteiger partial charge in [-0.2, -0.15) is 0 Å². The number of carbonyl (C=O) groups is 1. The Hall–Kier alpha value is -1.81. The van der Waals surface area contributed by atoms with Crippen LogP contribution in [-0.2, 0) is 16.0 Å². The fraction of sp³-hybridized carbons (Fsp3) is 0.690. The van der Waals surface area contributed by atoms with Crippen LogP contribution in [0.4, 0.5) is 0 Å². The molecule has 3 N–H and O–H groups in total. The van der Waals surface area contributed by atoms with Gasteiger partial charge < -0.3 is 15.5 Å². The molecule has 0 saturated carbocycles. The summed E-state index contributed by atoms with van der Waals surface area (Å²) < 4.78 is 5.41. The first-order valence-electron chi connectivity index (χ1n) is 13.7. The van der Waals surface area contributed by atoms with Gasteiger partial charge in [-0.05, 0) is 18.1 Å². The highest BCUT2D eigenvalue weighted by Crippen LogP contribution is 2.19. The number of nitrogens with two attached hydrogens (primary N) is 1. The molecule has 2 rings (SSSR count). The van der Waals surface area contributed by atoms with Gasteiger partial charge >= 0.3 is 5.97 Å². The van der Waals surface area contributed by atoms with E-state index in [1.807, 2.05) is 24.4 Å². The standard InChI is InChI=1S/C29H48N2O2/c1-2-3-4-5-6-7-8-9-10-11-12-13-14-15-16-19-22-33-29(32)27(30)23-25-24-31-28-21-18-17-20-26(25)28/h17-18,20-21,24,27,31H,2-16,19,22-23,30H2,1H3/t27-/m1/s1. The van der Waals surface area contributed by atoms with Crippen LogP contribution in [0.1, 0.15) is 115 Å². The van der Waals surface area contributed by atoms with E-state index in [1.54, 1.807) is 0 Å². The monoisotopic (exact) mass is 456 g/mol. The van der Waals surface area contributed by atoms with Gasteiger partial charge in [0, 0.05) is 23.5 Å². The Bertz CT molecular complexity index is 755. The highest BCUT2D eigenvalue weighted by molar-refractivity contribution is 5.84. The van der Waals surface area contributed by atoms with Crippen molar-refractivity contribution in [1.29, 1.82) is 0 Å². The van der Waals surface area contributed by atoms with E-state index in [0.29, 0.717) is 13.0 Å². The van der Waals surface area contributed by atoms with Gasteiger partial charge in [0.2, 0.25) is 0 Å². The number of rotatable bonds is 20. The summed E-state index contributed by atoms with van der Waals surface area (Å²) >= 11 is 0. The maximum Gasteiger partial charge on any atom is 0.323 e. The topological polar surface area (TPSA) is 68.1 Å². The SMILES string of the molecule is CCCCCCCCCCCCCCCCCCOC(=O)[C@H](N)Cc1c[nH]c2ccccc12. The van der Waals surface area contributed by atoms with Gasteiger partial charge in [-0.15, -0.1) is 0 Å². The molecule has 33 heavy (non-hydrogen) atoms. The van der Waals surface area contributed by atoms with Crippen molar-refractivity contribution >= 4 is 16.9 Å². The second-order valence-corrected chi connectivity index (χ2v) is 9.64. The number of hydrogen-bond donors (Lipinski definition) is 2. The van der Waals surface area contributed by atoms with Crippen LogP contribution >= 0.6 is 0 Å². The van der Waals surface area contributed by atoms with Gasteiger partial charge in [0.1, 0.15) is 6.04 Å². The number of aromatic nitrogens is 1. The number of H-pyrrole nitrogens is 1. The summed E-state index contributed by atoms with van der Waals surface area (Å²) in [7, 11) is 0. The molecule has 0 amide bonds. The number of fused-ring (bicyclic) bond motifs is 1. The summed E-state index contributed by atoms with van der Waals surface area (Å²) in [5, 5.41) is 1.12. The summed E-state index contributed by atoms with van der Waals surface area (Å²) in [5.41, 5.74) is 8.22. The normalized spacial score (nSPS) is 12.3. The Morgan fingerprint density at radius 1 is 0.818 bits per heavy atom. The number of para-hydroxylation sites is 1. The minimum absolute atomic E-state index is 0.291. The van der Waals surface area contributed by atoms with Crippen LogP contribution in [0, 0.1) is 0 Å². The summed E-state index contributed by atoms with van der Waals surface area (Å²) in [5.74, 6) is -0.291. The lowest BCUT2D eigenvalue weighted by atomic mass is 10.0. The van der Waals surface area contributed by atoms with Crippen LogP contribution in [0.5, 0.6) is 0 Å². The number of benzene rings is 1. The van der Waals surface area contributed by atoms with Gasteiger partial charge in [-0.3, -0.25) is 4.79 Å². The van der Waals surface area contributed by atoms with Gasteiger partial charge in [-0.25, -0.2) is 0 Å². The van der Waals surface area contributed by atoms with E-state index in [1.165, 1.54) is 89.9 Å². The zero-order valence-corrected chi connectivity index (χ0v) is 21.1. The highest BCUT2D eigenvalue weighted by atomic mass is 16.5. The third-order valence-electron chi connectivity index (χ3n) is 6.66. The maximum absolute atomic E-state index is 12.2. The highest BCUT2D eigenvalue weighted by Gasteiger charge is 2.17. The predicted molar refractivity (Wildman–Crippen MR) is 140 cm³/mol. The molecule has 0 unspecified atom stereocenters. The van der Waals surface area contributed by atoms with E-state index in [4.69, 9.17) is 10.5 Å². The average Bonchev–Trinajstić information content (AvgIpc) is 3.23. The predicted octanol–water partition coefficient (Wildman–Crippen LogP) is 7.84. The smallest absolute Gasteiger partial charge is 0.323 e. The van der Waals surface area contributed by atoms with Gasteiger partial charge in [-0.1, -0.05) is 121 Å². The van der Waals surface area contributed by atoms with Crippen LogP contribution in [0.2, 0.25) is 0 Å². The number of ether oxygens (including phenoxy) is 1. The van der Waals surface area contributed by atoms with E-state index in [-0.39, 0.29) is 5.97 Å². The fourth-order valence-corrected chi connectivity index (χ4v) is 4.55. The van der Waals surface area contributed by atoms with Crippen LogP contribution < -0.4 is 5.73 Å². The Kier molecular flexibility index (Phi) is 14.7. The largest absolute Gasteiger partial charge is 0.465 e. The first kappa shape index (κ1) is 27.4. The molecule has 0 bridgehead atoms. The quantitative estimate of drug-likeness (QED) is 0.157. The molecule has 186 valence electrons.